The minimum Gasteiger partial charge on any atom is -0.369 e. The van der Waals surface area contributed by atoms with Gasteiger partial charge in [0.1, 0.15) is 17.8 Å². The van der Waals surface area contributed by atoms with Crippen LogP contribution >= 0.6 is 0 Å². The van der Waals surface area contributed by atoms with Crippen molar-refractivity contribution >= 4 is 11.0 Å². The van der Waals surface area contributed by atoms with E-state index in [9.17, 15) is 0 Å². The van der Waals surface area contributed by atoms with Gasteiger partial charge in [-0.3, -0.25) is 4.90 Å². The van der Waals surface area contributed by atoms with Crippen molar-refractivity contribution in [3.8, 4) is 0 Å². The highest BCUT2D eigenvalue weighted by Gasteiger charge is 2.24. The molecule has 6 nitrogen and oxygen atoms in total. The van der Waals surface area contributed by atoms with Gasteiger partial charge < -0.3 is 9.30 Å². The Morgan fingerprint density at radius 1 is 1.21 bits per heavy atom. The van der Waals surface area contributed by atoms with Gasteiger partial charge in [0.05, 0.1) is 29.9 Å². The number of morpholine rings is 1. The van der Waals surface area contributed by atoms with Crippen LogP contribution in [0.15, 0.2) is 36.5 Å². The van der Waals surface area contributed by atoms with E-state index < -0.39 is 0 Å². The monoisotopic (exact) mass is 323 g/mol. The summed E-state index contributed by atoms with van der Waals surface area (Å²) in [6.45, 7) is 5.15. The second-order valence-corrected chi connectivity index (χ2v) is 6.20. The molecule has 3 heterocycles. The minimum absolute atomic E-state index is 0.00451. The Kier molecular flexibility index (Phi) is 4.00. The molecule has 124 valence electrons. The maximum absolute atomic E-state index is 5.92. The van der Waals surface area contributed by atoms with Crippen molar-refractivity contribution in [3.05, 3.63) is 53.9 Å². The number of imidazole rings is 1. The lowest BCUT2D eigenvalue weighted by atomic mass is 10.2. The van der Waals surface area contributed by atoms with Gasteiger partial charge in [0.15, 0.2) is 0 Å². The first-order chi connectivity index (χ1) is 11.7. The van der Waals surface area contributed by atoms with E-state index in [1.165, 1.54) is 5.52 Å². The molecule has 1 aliphatic rings. The van der Waals surface area contributed by atoms with Crippen LogP contribution < -0.4 is 0 Å². The molecule has 0 N–H and O–H groups in total. The van der Waals surface area contributed by atoms with Crippen LogP contribution in [0.4, 0.5) is 0 Å². The van der Waals surface area contributed by atoms with E-state index in [4.69, 9.17) is 9.72 Å². The van der Waals surface area contributed by atoms with Crippen LogP contribution in [0.25, 0.3) is 11.0 Å². The fourth-order valence-corrected chi connectivity index (χ4v) is 3.22. The third kappa shape index (κ3) is 2.90. The Balaban J connectivity index is 1.53. The molecule has 4 rings (SSSR count). The summed E-state index contributed by atoms with van der Waals surface area (Å²) in [6, 6.07) is 10.2. The topological polar surface area (TPSA) is 56.1 Å². The molecule has 1 atom stereocenters. The first-order valence-electron chi connectivity index (χ1n) is 8.24. The van der Waals surface area contributed by atoms with Crippen molar-refractivity contribution in [1.29, 1.82) is 0 Å². The summed E-state index contributed by atoms with van der Waals surface area (Å²) in [5, 5.41) is 0. The molecule has 0 bridgehead atoms. The summed E-state index contributed by atoms with van der Waals surface area (Å²) < 4.78 is 8.09. The molecular weight excluding hydrogens is 302 g/mol. The number of aryl methyl sites for hydroxylation is 2. The van der Waals surface area contributed by atoms with Gasteiger partial charge in [-0.1, -0.05) is 12.1 Å². The first kappa shape index (κ1) is 15.2. The lowest BCUT2D eigenvalue weighted by molar-refractivity contribution is -0.0360. The van der Waals surface area contributed by atoms with E-state index in [1.807, 2.05) is 19.1 Å². The fraction of sp³-hybridized carbons (Fsp3) is 0.389. The van der Waals surface area contributed by atoms with E-state index in [0.29, 0.717) is 6.61 Å². The Hall–Kier alpha value is -2.31. The van der Waals surface area contributed by atoms with Crippen molar-refractivity contribution in [2.24, 2.45) is 7.05 Å². The van der Waals surface area contributed by atoms with Crippen LogP contribution in [0.3, 0.4) is 0 Å². The molecular formula is C18H21N5O. The summed E-state index contributed by atoms with van der Waals surface area (Å²) in [6.07, 6.45) is 1.79. The molecule has 6 heteroatoms. The number of ether oxygens (including phenoxy) is 1. The van der Waals surface area contributed by atoms with Gasteiger partial charge in [-0.25, -0.2) is 15.0 Å². The molecule has 0 radical (unpaired) electrons. The molecule has 1 fully saturated rings. The number of aromatic nitrogens is 4. The van der Waals surface area contributed by atoms with Crippen molar-refractivity contribution in [2.75, 3.05) is 19.7 Å². The number of rotatable bonds is 3. The van der Waals surface area contributed by atoms with E-state index >= 15 is 0 Å². The summed E-state index contributed by atoms with van der Waals surface area (Å²) in [4.78, 5) is 15.8. The van der Waals surface area contributed by atoms with Crippen molar-refractivity contribution in [2.45, 2.75) is 19.6 Å². The molecule has 24 heavy (non-hydrogen) atoms. The van der Waals surface area contributed by atoms with Gasteiger partial charge in [-0.15, -0.1) is 0 Å². The van der Waals surface area contributed by atoms with Crippen molar-refractivity contribution in [1.82, 2.24) is 24.4 Å². The quantitative estimate of drug-likeness (QED) is 0.740. The Bertz CT molecular complexity index is 859. The van der Waals surface area contributed by atoms with E-state index in [2.05, 4.69) is 44.7 Å². The van der Waals surface area contributed by atoms with E-state index in [-0.39, 0.29) is 6.10 Å². The second kappa shape index (κ2) is 6.30. The van der Waals surface area contributed by atoms with E-state index in [0.717, 1.165) is 42.5 Å². The number of hydrogen-bond acceptors (Lipinski definition) is 5. The van der Waals surface area contributed by atoms with Crippen molar-refractivity contribution in [3.63, 3.8) is 0 Å². The summed E-state index contributed by atoms with van der Waals surface area (Å²) >= 11 is 0. The summed E-state index contributed by atoms with van der Waals surface area (Å²) in [5.41, 5.74) is 3.17. The molecule has 3 aromatic rings. The molecule has 1 saturated heterocycles. The van der Waals surface area contributed by atoms with Gasteiger partial charge in [0, 0.05) is 26.3 Å². The van der Waals surface area contributed by atoms with E-state index in [1.54, 1.807) is 6.20 Å². The lowest BCUT2D eigenvalue weighted by Crippen LogP contribution is -2.38. The van der Waals surface area contributed by atoms with Gasteiger partial charge in [-0.05, 0) is 25.1 Å². The smallest absolute Gasteiger partial charge is 0.125 e. The molecule has 0 spiro atoms. The molecule has 2 aromatic heterocycles. The average molecular weight is 323 g/mol. The molecule has 0 unspecified atom stereocenters. The normalized spacial score (nSPS) is 19.0. The predicted molar refractivity (Wildman–Crippen MR) is 91.5 cm³/mol. The Morgan fingerprint density at radius 3 is 2.92 bits per heavy atom. The predicted octanol–water partition coefficient (Wildman–Crippen LogP) is 2.25. The average Bonchev–Trinajstić information content (AvgIpc) is 2.91. The van der Waals surface area contributed by atoms with Crippen LogP contribution in [-0.2, 0) is 18.3 Å². The minimum atomic E-state index is -0.00451. The highest BCUT2D eigenvalue weighted by molar-refractivity contribution is 5.75. The number of nitrogens with zero attached hydrogens (tertiary/aromatic N) is 5. The van der Waals surface area contributed by atoms with Crippen LogP contribution in [0.5, 0.6) is 0 Å². The van der Waals surface area contributed by atoms with Crippen molar-refractivity contribution < 1.29 is 4.74 Å². The van der Waals surface area contributed by atoms with Gasteiger partial charge in [-0.2, -0.15) is 0 Å². The molecule has 0 aliphatic carbocycles. The standard InChI is InChI=1S/C18H21N5O/c1-13-19-8-7-15(20-13)17-11-23(9-10-24-17)12-18-21-14-5-3-4-6-16(14)22(18)2/h3-8,17H,9-12H2,1-2H3/t17-/m1/s1. The van der Waals surface area contributed by atoms with Crippen LogP contribution in [-0.4, -0.2) is 44.1 Å². The summed E-state index contributed by atoms with van der Waals surface area (Å²) in [7, 11) is 2.08. The van der Waals surface area contributed by atoms with Crippen LogP contribution in [0, 0.1) is 6.92 Å². The zero-order valence-electron chi connectivity index (χ0n) is 14.0. The number of hydrogen-bond donors (Lipinski definition) is 0. The maximum Gasteiger partial charge on any atom is 0.125 e. The maximum atomic E-state index is 5.92. The SMILES string of the molecule is Cc1nccc([C@H]2CN(Cc3nc4ccccc4n3C)CCO2)n1. The van der Waals surface area contributed by atoms with Gasteiger partial charge in [0.2, 0.25) is 0 Å². The van der Waals surface area contributed by atoms with Crippen LogP contribution in [0.2, 0.25) is 0 Å². The van der Waals surface area contributed by atoms with Crippen LogP contribution in [0.1, 0.15) is 23.4 Å². The molecule has 1 aromatic carbocycles. The number of benzene rings is 1. The molecule has 1 aliphatic heterocycles. The second-order valence-electron chi connectivity index (χ2n) is 6.20. The Morgan fingerprint density at radius 2 is 2.08 bits per heavy atom. The first-order valence-corrected chi connectivity index (χ1v) is 8.24. The third-order valence-corrected chi connectivity index (χ3v) is 4.52. The highest BCUT2D eigenvalue weighted by atomic mass is 16.5. The largest absolute Gasteiger partial charge is 0.369 e. The highest BCUT2D eigenvalue weighted by Crippen LogP contribution is 2.22. The zero-order chi connectivity index (χ0) is 16.5. The molecule has 0 saturated carbocycles. The van der Waals surface area contributed by atoms with Gasteiger partial charge in [0.25, 0.3) is 0 Å². The number of fused-ring (bicyclic) bond motifs is 1. The van der Waals surface area contributed by atoms with Gasteiger partial charge >= 0.3 is 0 Å². The zero-order valence-corrected chi connectivity index (χ0v) is 14.0. The molecule has 0 amide bonds. The third-order valence-electron chi connectivity index (χ3n) is 4.52. The Labute approximate surface area is 141 Å². The summed E-state index contributed by atoms with van der Waals surface area (Å²) in [5.74, 6) is 1.86. The lowest BCUT2D eigenvalue weighted by Gasteiger charge is -2.32. The fourth-order valence-electron chi connectivity index (χ4n) is 3.22. The number of para-hydroxylation sites is 2.